The number of ether oxygens (including phenoxy) is 3. The van der Waals surface area contributed by atoms with Crippen molar-refractivity contribution in [3.63, 3.8) is 0 Å². The average molecular weight is 379 g/mol. The van der Waals surface area contributed by atoms with Gasteiger partial charge in [-0.3, -0.25) is 0 Å². The first kappa shape index (κ1) is 18.6. The fraction of sp³-hybridized carbons (Fsp3) is 0.500. The molecular formula is C14H19ClN2O6S. The quantitative estimate of drug-likeness (QED) is 0.860. The second kappa shape index (κ2) is 6.66. The molecule has 1 atom stereocenters. The van der Waals surface area contributed by atoms with Gasteiger partial charge in [0.1, 0.15) is 12.2 Å². The molecule has 24 heavy (non-hydrogen) atoms. The van der Waals surface area contributed by atoms with E-state index in [1.165, 1.54) is 0 Å². The van der Waals surface area contributed by atoms with E-state index in [9.17, 15) is 13.2 Å². The predicted octanol–water partition coefficient (Wildman–Crippen LogP) is 1.92. The maximum Gasteiger partial charge on any atom is 0.425 e. The molecule has 0 fully saturated rings. The van der Waals surface area contributed by atoms with E-state index < -0.39 is 28.0 Å². The summed E-state index contributed by atoms with van der Waals surface area (Å²) in [4.78, 5) is 12.1. The van der Waals surface area contributed by atoms with Crippen LogP contribution in [0.4, 0.5) is 4.79 Å². The number of nitrogens with two attached hydrogens (primary N) is 1. The molecule has 0 saturated heterocycles. The summed E-state index contributed by atoms with van der Waals surface area (Å²) in [5.41, 5.74) is -0.868. The number of hydrogen-bond acceptors (Lipinski definition) is 6. The number of halogens is 1. The number of carbonyl (C=O) groups excluding carboxylic acids is 1. The smallest absolute Gasteiger partial charge is 0.425 e. The lowest BCUT2D eigenvalue weighted by atomic mass is 10.2. The molecule has 0 aromatic heterocycles. The molecule has 1 amide bonds. The fourth-order valence-corrected chi connectivity index (χ4v) is 2.74. The van der Waals surface area contributed by atoms with Crippen LogP contribution in [-0.2, 0) is 14.9 Å². The molecule has 0 aliphatic carbocycles. The normalized spacial score (nSPS) is 17.3. The Hall–Kier alpha value is -1.71. The van der Waals surface area contributed by atoms with Crippen LogP contribution in [0.3, 0.4) is 0 Å². The van der Waals surface area contributed by atoms with Crippen LogP contribution < -0.4 is 14.6 Å². The summed E-state index contributed by atoms with van der Waals surface area (Å²) in [6.07, 6.45) is -1.81. The van der Waals surface area contributed by atoms with Gasteiger partial charge in [0, 0.05) is 11.1 Å². The highest BCUT2D eigenvalue weighted by Gasteiger charge is 2.34. The highest BCUT2D eigenvalue weighted by Crippen LogP contribution is 2.34. The Morgan fingerprint density at radius 2 is 2.08 bits per heavy atom. The number of rotatable bonds is 3. The van der Waals surface area contributed by atoms with Crippen molar-refractivity contribution in [2.75, 3.05) is 13.2 Å². The van der Waals surface area contributed by atoms with Crippen molar-refractivity contribution in [1.29, 1.82) is 0 Å². The van der Waals surface area contributed by atoms with Crippen molar-refractivity contribution in [2.45, 2.75) is 32.5 Å². The Bertz CT molecular complexity index is 731. The van der Waals surface area contributed by atoms with Crippen LogP contribution in [0.5, 0.6) is 11.5 Å². The van der Waals surface area contributed by atoms with Crippen LogP contribution in [0.2, 0.25) is 5.02 Å². The van der Waals surface area contributed by atoms with Gasteiger partial charge in [-0.1, -0.05) is 11.6 Å². The van der Waals surface area contributed by atoms with Crippen LogP contribution in [0.1, 0.15) is 20.8 Å². The van der Waals surface area contributed by atoms with Gasteiger partial charge in [0.05, 0.1) is 6.54 Å². The number of benzene rings is 1. The van der Waals surface area contributed by atoms with Crippen LogP contribution in [0, 0.1) is 0 Å². The molecule has 1 aromatic rings. The third kappa shape index (κ3) is 4.89. The second-order valence-electron chi connectivity index (χ2n) is 6.20. The summed E-state index contributed by atoms with van der Waals surface area (Å²) < 4.78 is 40.0. The first-order valence-electron chi connectivity index (χ1n) is 7.08. The van der Waals surface area contributed by atoms with Crippen molar-refractivity contribution < 1.29 is 27.4 Å². The van der Waals surface area contributed by atoms with Crippen LogP contribution in [0.15, 0.2) is 18.2 Å². The molecule has 0 unspecified atom stereocenters. The third-order valence-corrected chi connectivity index (χ3v) is 4.05. The number of amides is 1. The van der Waals surface area contributed by atoms with Crippen molar-refractivity contribution in [2.24, 2.45) is 5.14 Å². The SMILES string of the molecule is CC(C)(C)OC(=O)N(C[C@H]1COc2cc(Cl)ccc2O1)S(N)(=O)=O. The molecule has 1 aliphatic rings. The molecule has 0 spiro atoms. The number of fused-ring (bicyclic) bond motifs is 1. The van der Waals surface area contributed by atoms with Gasteiger partial charge in [-0.15, -0.1) is 0 Å². The van der Waals surface area contributed by atoms with Crippen LogP contribution in [-0.4, -0.2) is 43.7 Å². The Balaban J connectivity index is 2.14. The van der Waals surface area contributed by atoms with E-state index in [0.717, 1.165) is 0 Å². The zero-order chi connectivity index (χ0) is 18.1. The Morgan fingerprint density at radius 3 is 2.67 bits per heavy atom. The van der Waals surface area contributed by atoms with Crippen molar-refractivity contribution in [3.8, 4) is 11.5 Å². The minimum Gasteiger partial charge on any atom is -0.486 e. The van der Waals surface area contributed by atoms with E-state index in [4.69, 9.17) is 31.0 Å². The largest absolute Gasteiger partial charge is 0.486 e. The molecule has 2 rings (SSSR count). The Kier molecular flexibility index (Phi) is 5.17. The molecule has 0 bridgehead atoms. The lowest BCUT2D eigenvalue weighted by Crippen LogP contribution is -2.50. The van der Waals surface area contributed by atoms with Gasteiger partial charge in [-0.2, -0.15) is 12.7 Å². The van der Waals surface area contributed by atoms with Crippen LogP contribution in [0.25, 0.3) is 0 Å². The topological polar surface area (TPSA) is 108 Å². The zero-order valence-corrected chi connectivity index (χ0v) is 15.1. The third-order valence-electron chi connectivity index (χ3n) is 2.90. The molecule has 0 radical (unpaired) electrons. The number of nitrogens with zero attached hydrogens (tertiary/aromatic N) is 1. The summed E-state index contributed by atoms with van der Waals surface area (Å²) in [5, 5.41) is 5.60. The molecule has 8 nitrogen and oxygen atoms in total. The summed E-state index contributed by atoms with van der Waals surface area (Å²) in [7, 11) is -4.32. The van der Waals surface area contributed by atoms with Gasteiger partial charge in [0.2, 0.25) is 0 Å². The number of carbonyl (C=O) groups is 1. The highest BCUT2D eigenvalue weighted by atomic mass is 35.5. The first-order valence-corrected chi connectivity index (χ1v) is 8.96. The van der Waals surface area contributed by atoms with E-state index in [2.05, 4.69) is 0 Å². The first-order chi connectivity index (χ1) is 11.0. The molecule has 2 N–H and O–H groups in total. The Labute approximate surface area is 145 Å². The predicted molar refractivity (Wildman–Crippen MR) is 87.4 cm³/mol. The standard InChI is InChI=1S/C14H19ClN2O6S/c1-14(2,3)23-13(18)17(24(16,19)20)7-10-8-21-12-6-9(15)4-5-11(12)22-10/h4-6,10H,7-8H2,1-3H3,(H2,16,19,20)/t10-/m0/s1. The van der Waals surface area contributed by atoms with Gasteiger partial charge in [0.25, 0.3) is 0 Å². The molecule has 10 heteroatoms. The highest BCUT2D eigenvalue weighted by molar-refractivity contribution is 7.87. The second-order valence-corrected chi connectivity index (χ2v) is 8.11. The lowest BCUT2D eigenvalue weighted by Gasteiger charge is -2.31. The molecule has 134 valence electrons. The summed E-state index contributed by atoms with van der Waals surface area (Å²) >= 11 is 5.86. The average Bonchev–Trinajstić information content (AvgIpc) is 2.41. The van der Waals surface area contributed by atoms with Gasteiger partial charge < -0.3 is 14.2 Å². The van der Waals surface area contributed by atoms with Crippen molar-refractivity contribution in [3.05, 3.63) is 23.2 Å². The summed E-state index contributed by atoms with van der Waals surface area (Å²) in [6, 6.07) is 4.79. The summed E-state index contributed by atoms with van der Waals surface area (Å²) in [6.45, 7) is 4.54. The minimum atomic E-state index is -4.32. The van der Waals surface area contributed by atoms with Crippen molar-refractivity contribution in [1.82, 2.24) is 4.31 Å². The van der Waals surface area contributed by atoms with E-state index in [-0.39, 0.29) is 13.2 Å². The van der Waals surface area contributed by atoms with E-state index in [1.54, 1.807) is 39.0 Å². The maximum absolute atomic E-state index is 12.1. The molecule has 1 aromatic carbocycles. The summed E-state index contributed by atoms with van der Waals surface area (Å²) in [5.74, 6) is 0.840. The van der Waals surface area contributed by atoms with Crippen LogP contribution >= 0.6 is 11.6 Å². The zero-order valence-electron chi connectivity index (χ0n) is 13.5. The molecule has 0 saturated carbocycles. The van der Waals surface area contributed by atoms with Gasteiger partial charge in [-0.25, -0.2) is 9.93 Å². The lowest BCUT2D eigenvalue weighted by molar-refractivity contribution is 0.0265. The van der Waals surface area contributed by atoms with E-state index in [1.807, 2.05) is 0 Å². The maximum atomic E-state index is 12.1. The minimum absolute atomic E-state index is 0.0299. The van der Waals surface area contributed by atoms with E-state index in [0.29, 0.717) is 20.8 Å². The van der Waals surface area contributed by atoms with Gasteiger partial charge in [-0.05, 0) is 32.9 Å². The van der Waals surface area contributed by atoms with Gasteiger partial charge in [0.15, 0.2) is 17.6 Å². The fourth-order valence-electron chi connectivity index (χ4n) is 1.96. The molecular weight excluding hydrogens is 360 g/mol. The number of hydrogen-bond donors (Lipinski definition) is 1. The monoisotopic (exact) mass is 378 g/mol. The van der Waals surface area contributed by atoms with E-state index >= 15 is 0 Å². The Morgan fingerprint density at radius 1 is 1.42 bits per heavy atom. The van der Waals surface area contributed by atoms with Gasteiger partial charge >= 0.3 is 16.3 Å². The molecule has 1 heterocycles. The molecule has 1 aliphatic heterocycles. The van der Waals surface area contributed by atoms with Crippen molar-refractivity contribution >= 4 is 27.9 Å².